The second-order valence-electron chi connectivity index (χ2n) is 4.37. The molecule has 1 aromatic heterocycles. The first-order valence-corrected chi connectivity index (χ1v) is 6.30. The van der Waals surface area contributed by atoms with Crippen LogP contribution in [-0.2, 0) is 6.54 Å². The number of aromatic nitrogens is 2. The summed E-state index contributed by atoms with van der Waals surface area (Å²) in [5.74, 6) is -0.203. The fraction of sp³-hybridized carbons (Fsp3) is 0.357. The number of imidazole rings is 1. The average molecular weight is 265 g/mol. The first kappa shape index (κ1) is 13.7. The maximum absolute atomic E-state index is 13.9. The molecule has 1 N–H and O–H groups in total. The number of aryl methyl sites for hydroxylation is 1. The Morgan fingerprint density at radius 3 is 2.84 bits per heavy atom. The van der Waals surface area contributed by atoms with Gasteiger partial charge in [-0.15, -0.1) is 0 Å². The van der Waals surface area contributed by atoms with Gasteiger partial charge in [0, 0.05) is 24.5 Å². The van der Waals surface area contributed by atoms with Crippen LogP contribution in [0, 0.1) is 11.6 Å². The molecule has 1 unspecified atom stereocenters. The van der Waals surface area contributed by atoms with Crippen LogP contribution >= 0.6 is 0 Å². The molecular formula is C14H17F2N3. The minimum atomic E-state index is -0.461. The molecule has 19 heavy (non-hydrogen) atoms. The smallest absolute Gasteiger partial charge is 0.130 e. The summed E-state index contributed by atoms with van der Waals surface area (Å²) >= 11 is 0. The van der Waals surface area contributed by atoms with Crippen LogP contribution in [-0.4, -0.2) is 16.6 Å². The molecular weight excluding hydrogens is 248 g/mol. The van der Waals surface area contributed by atoms with Gasteiger partial charge in [0.05, 0.1) is 6.04 Å². The van der Waals surface area contributed by atoms with Gasteiger partial charge in [-0.1, -0.05) is 6.92 Å². The van der Waals surface area contributed by atoms with E-state index in [1.54, 1.807) is 13.2 Å². The first-order chi connectivity index (χ1) is 9.17. The minimum Gasteiger partial charge on any atom is -0.333 e. The van der Waals surface area contributed by atoms with E-state index in [-0.39, 0.29) is 5.56 Å². The van der Waals surface area contributed by atoms with Crippen LogP contribution in [0.25, 0.3) is 0 Å². The molecule has 102 valence electrons. The van der Waals surface area contributed by atoms with Crippen LogP contribution in [0.1, 0.15) is 30.8 Å². The van der Waals surface area contributed by atoms with Crippen molar-refractivity contribution in [1.29, 1.82) is 0 Å². The van der Waals surface area contributed by atoms with Crippen molar-refractivity contribution in [3.05, 3.63) is 53.6 Å². The highest BCUT2D eigenvalue weighted by atomic mass is 19.1. The van der Waals surface area contributed by atoms with E-state index in [4.69, 9.17) is 0 Å². The molecule has 0 saturated carbocycles. The molecule has 0 amide bonds. The Morgan fingerprint density at radius 1 is 1.37 bits per heavy atom. The molecule has 0 spiro atoms. The fourth-order valence-corrected chi connectivity index (χ4v) is 2.17. The van der Waals surface area contributed by atoms with Crippen LogP contribution in [0.3, 0.4) is 0 Å². The number of nitrogens with one attached hydrogen (secondary N) is 1. The molecule has 5 heteroatoms. The Kier molecular flexibility index (Phi) is 4.27. The predicted octanol–water partition coefficient (Wildman–Crippen LogP) is 2.88. The SMILES string of the molecule is CCCn1ccnc1C(NC)c1cc(F)ccc1F. The monoisotopic (exact) mass is 265 g/mol. The number of benzene rings is 1. The van der Waals surface area contributed by atoms with Gasteiger partial charge in [-0.2, -0.15) is 0 Å². The second-order valence-corrected chi connectivity index (χ2v) is 4.37. The van der Waals surface area contributed by atoms with Gasteiger partial charge in [0.1, 0.15) is 17.5 Å². The summed E-state index contributed by atoms with van der Waals surface area (Å²) in [6, 6.07) is 3.01. The molecule has 2 rings (SSSR count). The molecule has 1 heterocycles. The van der Waals surface area contributed by atoms with E-state index in [9.17, 15) is 8.78 Å². The number of hydrogen-bond acceptors (Lipinski definition) is 2. The maximum Gasteiger partial charge on any atom is 0.130 e. The van der Waals surface area contributed by atoms with E-state index in [1.807, 2.05) is 10.8 Å². The molecule has 1 atom stereocenters. The Hall–Kier alpha value is -1.75. The number of nitrogens with zero attached hydrogens (tertiary/aromatic N) is 2. The van der Waals surface area contributed by atoms with Gasteiger partial charge in [-0.25, -0.2) is 13.8 Å². The van der Waals surface area contributed by atoms with Gasteiger partial charge in [0.2, 0.25) is 0 Å². The van der Waals surface area contributed by atoms with Gasteiger partial charge >= 0.3 is 0 Å². The van der Waals surface area contributed by atoms with Crippen molar-refractivity contribution in [2.45, 2.75) is 25.9 Å². The lowest BCUT2D eigenvalue weighted by Crippen LogP contribution is -2.23. The van der Waals surface area contributed by atoms with Gasteiger partial charge in [0.15, 0.2) is 0 Å². The van der Waals surface area contributed by atoms with E-state index in [1.165, 1.54) is 6.07 Å². The van der Waals surface area contributed by atoms with Crippen molar-refractivity contribution in [3.8, 4) is 0 Å². The third-order valence-electron chi connectivity index (χ3n) is 3.03. The van der Waals surface area contributed by atoms with E-state index in [0.717, 1.165) is 25.1 Å². The maximum atomic E-state index is 13.9. The molecule has 0 aliphatic heterocycles. The molecule has 0 fully saturated rings. The average Bonchev–Trinajstić information content (AvgIpc) is 2.83. The summed E-state index contributed by atoms with van der Waals surface area (Å²) < 4.78 is 29.1. The van der Waals surface area contributed by atoms with Crippen molar-refractivity contribution in [1.82, 2.24) is 14.9 Å². The van der Waals surface area contributed by atoms with E-state index in [0.29, 0.717) is 5.82 Å². The molecule has 0 saturated heterocycles. The van der Waals surface area contributed by atoms with Crippen LogP contribution in [0.2, 0.25) is 0 Å². The molecule has 2 aromatic rings. The van der Waals surface area contributed by atoms with Crippen LogP contribution in [0.4, 0.5) is 8.78 Å². The molecule has 0 aliphatic rings. The third kappa shape index (κ3) is 2.81. The minimum absolute atomic E-state index is 0.269. The second kappa shape index (κ2) is 5.93. The zero-order valence-electron chi connectivity index (χ0n) is 11.0. The largest absolute Gasteiger partial charge is 0.333 e. The molecule has 0 bridgehead atoms. The first-order valence-electron chi connectivity index (χ1n) is 6.30. The fourth-order valence-electron chi connectivity index (χ4n) is 2.17. The number of halogens is 2. The highest BCUT2D eigenvalue weighted by molar-refractivity contribution is 5.27. The zero-order chi connectivity index (χ0) is 13.8. The number of hydrogen-bond donors (Lipinski definition) is 1. The third-order valence-corrected chi connectivity index (χ3v) is 3.03. The zero-order valence-corrected chi connectivity index (χ0v) is 11.0. The van der Waals surface area contributed by atoms with Crippen molar-refractivity contribution < 1.29 is 8.78 Å². The summed E-state index contributed by atoms with van der Waals surface area (Å²) in [5, 5.41) is 3.00. The van der Waals surface area contributed by atoms with Crippen molar-refractivity contribution in [2.24, 2.45) is 0 Å². The Morgan fingerprint density at radius 2 is 2.16 bits per heavy atom. The molecule has 1 aromatic carbocycles. The van der Waals surface area contributed by atoms with Gasteiger partial charge in [0.25, 0.3) is 0 Å². The van der Waals surface area contributed by atoms with Crippen molar-refractivity contribution >= 4 is 0 Å². The van der Waals surface area contributed by atoms with Crippen LogP contribution < -0.4 is 5.32 Å². The van der Waals surface area contributed by atoms with E-state index < -0.39 is 17.7 Å². The lowest BCUT2D eigenvalue weighted by molar-refractivity contribution is 0.525. The summed E-state index contributed by atoms with van der Waals surface area (Å²) in [4.78, 5) is 4.26. The number of rotatable bonds is 5. The highest BCUT2D eigenvalue weighted by Gasteiger charge is 2.21. The predicted molar refractivity (Wildman–Crippen MR) is 69.8 cm³/mol. The topological polar surface area (TPSA) is 29.9 Å². The van der Waals surface area contributed by atoms with Gasteiger partial charge in [-0.3, -0.25) is 0 Å². The standard InChI is InChI=1S/C14H17F2N3/c1-3-7-19-8-6-18-14(19)13(17-2)11-9-10(15)4-5-12(11)16/h4-6,8-9,13,17H,3,7H2,1-2H3. The lowest BCUT2D eigenvalue weighted by Gasteiger charge is -2.18. The quantitative estimate of drug-likeness (QED) is 0.901. The Bertz CT molecular complexity index is 551. The summed E-state index contributed by atoms with van der Waals surface area (Å²) in [5.41, 5.74) is 0.269. The molecule has 0 aliphatic carbocycles. The van der Waals surface area contributed by atoms with Crippen molar-refractivity contribution in [2.75, 3.05) is 7.05 Å². The van der Waals surface area contributed by atoms with E-state index in [2.05, 4.69) is 17.2 Å². The van der Waals surface area contributed by atoms with Crippen LogP contribution in [0.15, 0.2) is 30.6 Å². The van der Waals surface area contributed by atoms with E-state index >= 15 is 0 Å². The molecule has 3 nitrogen and oxygen atoms in total. The van der Waals surface area contributed by atoms with Crippen molar-refractivity contribution in [3.63, 3.8) is 0 Å². The summed E-state index contributed by atoms with van der Waals surface area (Å²) in [6.07, 6.45) is 4.47. The Balaban J connectivity index is 2.44. The summed E-state index contributed by atoms with van der Waals surface area (Å²) in [7, 11) is 1.71. The lowest BCUT2D eigenvalue weighted by atomic mass is 10.1. The van der Waals surface area contributed by atoms with Crippen LogP contribution in [0.5, 0.6) is 0 Å². The highest BCUT2D eigenvalue weighted by Crippen LogP contribution is 2.24. The van der Waals surface area contributed by atoms with Gasteiger partial charge < -0.3 is 9.88 Å². The summed E-state index contributed by atoms with van der Waals surface area (Å²) in [6.45, 7) is 2.85. The Labute approximate surface area is 111 Å². The molecule has 0 radical (unpaired) electrons. The van der Waals surface area contributed by atoms with Gasteiger partial charge in [-0.05, 0) is 31.7 Å². The normalized spacial score (nSPS) is 12.6.